The van der Waals surface area contributed by atoms with E-state index in [0.717, 1.165) is 4.47 Å². The van der Waals surface area contributed by atoms with Gasteiger partial charge in [0.2, 0.25) is 5.88 Å². The number of hydrogen-bond acceptors (Lipinski definition) is 5. The van der Waals surface area contributed by atoms with Gasteiger partial charge in [0.25, 0.3) is 0 Å². The van der Waals surface area contributed by atoms with Crippen LogP contribution >= 0.6 is 15.9 Å². The zero-order chi connectivity index (χ0) is 11.5. The molecule has 1 N–H and O–H groups in total. The first-order chi connectivity index (χ1) is 7.69. The molecule has 0 amide bonds. The van der Waals surface area contributed by atoms with E-state index in [1.165, 1.54) is 11.0 Å². The maximum atomic E-state index is 9.14. The first-order valence-corrected chi connectivity index (χ1v) is 5.27. The van der Waals surface area contributed by atoms with Crippen molar-refractivity contribution in [2.24, 2.45) is 7.05 Å². The number of rotatable bonds is 3. The van der Waals surface area contributed by atoms with E-state index < -0.39 is 0 Å². The quantitative estimate of drug-likeness (QED) is 0.919. The fourth-order valence-electron chi connectivity index (χ4n) is 1.13. The Hall–Kier alpha value is -1.47. The highest BCUT2D eigenvalue weighted by atomic mass is 79.9. The molecule has 0 saturated heterocycles. The Morgan fingerprint density at radius 2 is 2.31 bits per heavy atom. The number of ether oxygens (including phenoxy) is 1. The summed E-state index contributed by atoms with van der Waals surface area (Å²) in [6.45, 7) is -0.158. The van der Waals surface area contributed by atoms with Crippen LogP contribution in [0.25, 0.3) is 0 Å². The van der Waals surface area contributed by atoms with E-state index in [9.17, 15) is 0 Å². The van der Waals surface area contributed by atoms with E-state index in [2.05, 4.69) is 31.0 Å². The van der Waals surface area contributed by atoms with Crippen molar-refractivity contribution in [3.63, 3.8) is 0 Å². The van der Waals surface area contributed by atoms with Crippen molar-refractivity contribution < 1.29 is 9.84 Å². The first kappa shape index (κ1) is 11.0. The Labute approximate surface area is 100 Å². The van der Waals surface area contributed by atoms with Gasteiger partial charge < -0.3 is 9.84 Å². The fourth-order valence-corrected chi connectivity index (χ4v) is 1.51. The molecule has 0 aliphatic rings. The van der Waals surface area contributed by atoms with Crippen LogP contribution in [0.4, 0.5) is 0 Å². The van der Waals surface area contributed by atoms with E-state index in [1.54, 1.807) is 19.3 Å². The molecule has 0 radical (unpaired) electrons. The summed E-state index contributed by atoms with van der Waals surface area (Å²) in [6, 6.07) is 1.93. The van der Waals surface area contributed by atoms with Crippen LogP contribution in [0.1, 0.15) is 5.56 Å². The van der Waals surface area contributed by atoms with Gasteiger partial charge in [-0.15, -0.1) is 5.10 Å². The van der Waals surface area contributed by atoms with Gasteiger partial charge in [0.1, 0.15) is 6.33 Å². The number of aliphatic hydroxyl groups is 1. The highest BCUT2D eigenvalue weighted by Crippen LogP contribution is 2.23. The van der Waals surface area contributed by atoms with Gasteiger partial charge in [0.15, 0.2) is 0 Å². The number of halogens is 1. The molecule has 6 nitrogen and oxygen atoms in total. The summed E-state index contributed by atoms with van der Waals surface area (Å²) in [4.78, 5) is 7.94. The Morgan fingerprint density at radius 3 is 2.94 bits per heavy atom. The third kappa shape index (κ3) is 2.37. The third-order valence-corrected chi connectivity index (χ3v) is 2.26. The standard InChI is InChI=1S/C9H9BrN4O2/c1-14-5-12-9(13-14)16-8-6(4-15)2-7(10)3-11-8/h2-3,5,15H,4H2,1H3. The number of hydrogen-bond donors (Lipinski definition) is 1. The minimum Gasteiger partial charge on any atom is -0.404 e. The predicted octanol–water partition coefficient (Wildman–Crippen LogP) is 1.26. The molecule has 0 spiro atoms. The van der Waals surface area contributed by atoms with E-state index in [-0.39, 0.29) is 12.6 Å². The number of pyridine rings is 1. The number of nitrogens with zero attached hydrogens (tertiary/aromatic N) is 4. The molecular weight excluding hydrogens is 276 g/mol. The molecule has 0 aliphatic heterocycles. The van der Waals surface area contributed by atoms with Crippen LogP contribution < -0.4 is 4.74 Å². The predicted molar refractivity (Wildman–Crippen MR) is 58.9 cm³/mol. The van der Waals surface area contributed by atoms with Crippen molar-refractivity contribution in [3.8, 4) is 11.9 Å². The molecule has 0 aromatic carbocycles. The van der Waals surface area contributed by atoms with E-state index in [4.69, 9.17) is 9.84 Å². The molecule has 2 aromatic rings. The molecule has 2 aromatic heterocycles. The van der Waals surface area contributed by atoms with E-state index in [0.29, 0.717) is 11.4 Å². The zero-order valence-electron chi connectivity index (χ0n) is 8.46. The summed E-state index contributed by atoms with van der Waals surface area (Å²) < 4.78 is 7.64. The lowest BCUT2D eigenvalue weighted by Crippen LogP contribution is -1.96. The van der Waals surface area contributed by atoms with E-state index >= 15 is 0 Å². The molecule has 16 heavy (non-hydrogen) atoms. The average Bonchev–Trinajstić information content (AvgIpc) is 2.67. The van der Waals surface area contributed by atoms with Gasteiger partial charge in [-0.2, -0.15) is 4.98 Å². The van der Waals surface area contributed by atoms with Crippen LogP contribution in [-0.2, 0) is 13.7 Å². The number of aromatic nitrogens is 4. The maximum Gasteiger partial charge on any atom is 0.342 e. The van der Waals surface area contributed by atoms with Gasteiger partial charge in [-0.25, -0.2) is 4.98 Å². The summed E-state index contributed by atoms with van der Waals surface area (Å²) >= 11 is 3.26. The van der Waals surface area contributed by atoms with Crippen LogP contribution in [-0.4, -0.2) is 24.9 Å². The highest BCUT2D eigenvalue weighted by molar-refractivity contribution is 9.10. The van der Waals surface area contributed by atoms with Crippen molar-refractivity contribution in [1.82, 2.24) is 19.7 Å². The molecule has 2 rings (SSSR count). The van der Waals surface area contributed by atoms with E-state index in [1.807, 2.05) is 0 Å². The molecule has 2 heterocycles. The summed E-state index contributed by atoms with van der Waals surface area (Å²) in [7, 11) is 1.74. The lowest BCUT2D eigenvalue weighted by Gasteiger charge is -2.05. The second-order valence-electron chi connectivity index (χ2n) is 3.08. The van der Waals surface area contributed by atoms with Gasteiger partial charge in [-0.1, -0.05) is 0 Å². The van der Waals surface area contributed by atoms with Crippen LogP contribution in [0.2, 0.25) is 0 Å². The normalized spacial score (nSPS) is 10.4. The maximum absolute atomic E-state index is 9.14. The minimum atomic E-state index is -0.158. The second kappa shape index (κ2) is 4.58. The topological polar surface area (TPSA) is 73.1 Å². The van der Waals surface area contributed by atoms with Crippen molar-refractivity contribution in [1.29, 1.82) is 0 Å². The molecule has 0 fully saturated rings. The molecular formula is C9H9BrN4O2. The number of aliphatic hydroxyl groups excluding tert-OH is 1. The lowest BCUT2D eigenvalue weighted by molar-refractivity contribution is 0.273. The molecule has 7 heteroatoms. The van der Waals surface area contributed by atoms with Crippen LogP contribution in [0.5, 0.6) is 11.9 Å². The molecule has 0 saturated carbocycles. The van der Waals surface area contributed by atoms with Gasteiger partial charge >= 0.3 is 6.01 Å². The van der Waals surface area contributed by atoms with Gasteiger partial charge in [-0.05, 0) is 22.0 Å². The summed E-state index contributed by atoms with van der Waals surface area (Å²) in [6.07, 6.45) is 3.10. The fraction of sp³-hybridized carbons (Fsp3) is 0.222. The van der Waals surface area contributed by atoms with Gasteiger partial charge in [0.05, 0.1) is 6.61 Å². The molecule has 0 bridgehead atoms. The van der Waals surface area contributed by atoms with Crippen molar-refractivity contribution >= 4 is 15.9 Å². The SMILES string of the molecule is Cn1cnc(Oc2ncc(Br)cc2CO)n1. The Kier molecular flexibility index (Phi) is 3.16. The largest absolute Gasteiger partial charge is 0.404 e. The monoisotopic (exact) mass is 284 g/mol. The molecule has 0 atom stereocenters. The molecule has 84 valence electrons. The molecule has 0 unspecified atom stereocenters. The average molecular weight is 285 g/mol. The van der Waals surface area contributed by atoms with Crippen molar-refractivity contribution in [2.45, 2.75) is 6.61 Å². The zero-order valence-corrected chi connectivity index (χ0v) is 10.0. The lowest BCUT2D eigenvalue weighted by atomic mass is 10.3. The smallest absolute Gasteiger partial charge is 0.342 e. The second-order valence-corrected chi connectivity index (χ2v) is 3.99. The van der Waals surface area contributed by atoms with Gasteiger partial charge in [0, 0.05) is 23.3 Å². The molecule has 0 aliphatic carbocycles. The van der Waals surface area contributed by atoms with Crippen molar-refractivity contribution in [3.05, 3.63) is 28.6 Å². The Balaban J connectivity index is 2.27. The Bertz CT molecular complexity index is 500. The summed E-state index contributed by atoms with van der Waals surface area (Å²) in [5, 5.41) is 13.1. The van der Waals surface area contributed by atoms with Crippen LogP contribution in [0.3, 0.4) is 0 Å². The third-order valence-electron chi connectivity index (χ3n) is 1.83. The van der Waals surface area contributed by atoms with Crippen molar-refractivity contribution in [2.75, 3.05) is 0 Å². The van der Waals surface area contributed by atoms with Gasteiger partial charge in [-0.3, -0.25) is 4.68 Å². The Morgan fingerprint density at radius 1 is 1.50 bits per heavy atom. The summed E-state index contributed by atoms with van der Waals surface area (Å²) in [5.41, 5.74) is 0.571. The first-order valence-electron chi connectivity index (χ1n) is 4.48. The summed E-state index contributed by atoms with van der Waals surface area (Å²) in [5.74, 6) is 0.303. The highest BCUT2D eigenvalue weighted by Gasteiger charge is 2.09. The van der Waals surface area contributed by atoms with Crippen LogP contribution in [0.15, 0.2) is 23.1 Å². The number of aryl methyl sites for hydroxylation is 1. The minimum absolute atomic E-state index is 0.158. The van der Waals surface area contributed by atoms with Crippen LogP contribution in [0, 0.1) is 0 Å².